The van der Waals surface area contributed by atoms with Crippen LogP contribution in [-0.4, -0.2) is 22.0 Å². The second-order valence-electron chi connectivity index (χ2n) is 3.46. The van der Waals surface area contributed by atoms with Gasteiger partial charge in [0, 0.05) is 0 Å². The van der Waals surface area contributed by atoms with E-state index in [-0.39, 0.29) is 11.6 Å². The first-order valence-electron chi connectivity index (χ1n) is 4.04. The van der Waals surface area contributed by atoms with Crippen molar-refractivity contribution in [1.82, 2.24) is 11.0 Å². The van der Waals surface area contributed by atoms with Gasteiger partial charge in [0.25, 0.3) is 0 Å². The van der Waals surface area contributed by atoms with E-state index in [1.807, 2.05) is 6.92 Å². The van der Waals surface area contributed by atoms with Gasteiger partial charge in [0.15, 0.2) is 0 Å². The zero-order valence-electron chi connectivity index (χ0n) is 6.80. The fourth-order valence-electron chi connectivity index (χ4n) is 1.67. The largest absolute Gasteiger partial charge is 0.316 e. The summed E-state index contributed by atoms with van der Waals surface area (Å²) in [4.78, 5) is 0. The summed E-state index contributed by atoms with van der Waals surface area (Å²) in [6.07, 6.45) is 4.00. The van der Waals surface area contributed by atoms with Crippen LogP contribution in [0, 0.1) is 0 Å². The standard InChI is InChI=1S/C7H16N2O2/c1-7(9-11)5-3-2-4-6(7)8-10/h6,8-11H,2-5H2,1H3/t6-,7-/m0/s1. The van der Waals surface area contributed by atoms with Crippen LogP contribution in [0.4, 0.5) is 0 Å². The summed E-state index contributed by atoms with van der Waals surface area (Å²) in [5.41, 5.74) is 4.11. The summed E-state index contributed by atoms with van der Waals surface area (Å²) < 4.78 is 0. The lowest BCUT2D eigenvalue weighted by Crippen LogP contribution is -2.57. The molecule has 0 aromatic rings. The summed E-state index contributed by atoms with van der Waals surface area (Å²) >= 11 is 0. The second kappa shape index (κ2) is 3.49. The Morgan fingerprint density at radius 1 is 1.36 bits per heavy atom. The molecule has 11 heavy (non-hydrogen) atoms. The lowest BCUT2D eigenvalue weighted by Gasteiger charge is -2.39. The molecule has 4 N–H and O–H groups in total. The zero-order valence-corrected chi connectivity index (χ0v) is 6.80. The number of hydrogen-bond donors (Lipinski definition) is 4. The lowest BCUT2D eigenvalue weighted by atomic mass is 9.80. The maximum absolute atomic E-state index is 8.85. The molecule has 66 valence electrons. The van der Waals surface area contributed by atoms with Crippen molar-refractivity contribution >= 4 is 0 Å². The molecule has 1 rings (SSSR count). The highest BCUT2D eigenvalue weighted by molar-refractivity contribution is 4.94. The summed E-state index contributed by atoms with van der Waals surface area (Å²) in [5, 5.41) is 17.6. The van der Waals surface area contributed by atoms with Crippen molar-refractivity contribution in [2.24, 2.45) is 0 Å². The Kier molecular flexibility index (Phi) is 2.84. The Morgan fingerprint density at radius 2 is 2.09 bits per heavy atom. The fraction of sp³-hybridized carbons (Fsp3) is 1.00. The topological polar surface area (TPSA) is 64.5 Å². The molecular formula is C7H16N2O2. The van der Waals surface area contributed by atoms with E-state index < -0.39 is 0 Å². The smallest absolute Gasteiger partial charge is 0.0577 e. The van der Waals surface area contributed by atoms with Gasteiger partial charge in [-0.15, -0.1) is 0 Å². The normalized spacial score (nSPS) is 39.0. The molecule has 0 unspecified atom stereocenters. The average Bonchev–Trinajstić information content (AvgIpc) is 2.05. The van der Waals surface area contributed by atoms with E-state index in [0.717, 1.165) is 25.7 Å². The van der Waals surface area contributed by atoms with Gasteiger partial charge in [-0.2, -0.15) is 5.48 Å². The molecule has 0 radical (unpaired) electrons. The van der Waals surface area contributed by atoms with Gasteiger partial charge in [-0.1, -0.05) is 12.8 Å². The van der Waals surface area contributed by atoms with Gasteiger partial charge < -0.3 is 10.4 Å². The van der Waals surface area contributed by atoms with Crippen LogP contribution in [0.3, 0.4) is 0 Å². The molecule has 0 heterocycles. The number of hydroxylamine groups is 2. The molecular weight excluding hydrogens is 144 g/mol. The van der Waals surface area contributed by atoms with Crippen LogP contribution >= 0.6 is 0 Å². The third-order valence-corrected chi connectivity index (χ3v) is 2.62. The van der Waals surface area contributed by atoms with Crippen LogP contribution < -0.4 is 11.0 Å². The van der Waals surface area contributed by atoms with Crippen LogP contribution in [0.1, 0.15) is 32.6 Å². The average molecular weight is 160 g/mol. The monoisotopic (exact) mass is 160 g/mol. The van der Waals surface area contributed by atoms with Crippen LogP contribution in [0.25, 0.3) is 0 Å². The first-order chi connectivity index (χ1) is 5.23. The number of hydrogen-bond acceptors (Lipinski definition) is 4. The zero-order chi connectivity index (χ0) is 8.32. The predicted octanol–water partition coefficient (Wildman–Crippen LogP) is 0.645. The van der Waals surface area contributed by atoms with E-state index in [1.165, 1.54) is 0 Å². The van der Waals surface area contributed by atoms with Gasteiger partial charge >= 0.3 is 0 Å². The van der Waals surface area contributed by atoms with Crippen molar-refractivity contribution in [2.75, 3.05) is 0 Å². The molecule has 4 heteroatoms. The molecule has 1 aliphatic rings. The molecule has 0 aromatic heterocycles. The molecule has 1 aliphatic carbocycles. The van der Waals surface area contributed by atoms with E-state index in [4.69, 9.17) is 10.4 Å². The number of nitrogens with one attached hydrogen (secondary N) is 2. The molecule has 0 saturated heterocycles. The lowest BCUT2D eigenvalue weighted by molar-refractivity contribution is -0.0175. The molecule has 2 atom stereocenters. The highest BCUT2D eigenvalue weighted by atomic mass is 16.5. The van der Waals surface area contributed by atoms with Crippen molar-refractivity contribution < 1.29 is 10.4 Å². The summed E-state index contributed by atoms with van der Waals surface area (Å²) in [6.45, 7) is 1.90. The van der Waals surface area contributed by atoms with Gasteiger partial charge in [-0.05, 0) is 19.8 Å². The van der Waals surface area contributed by atoms with Crippen molar-refractivity contribution in [3.63, 3.8) is 0 Å². The van der Waals surface area contributed by atoms with Gasteiger partial charge in [-0.25, -0.2) is 5.48 Å². The Morgan fingerprint density at radius 3 is 2.55 bits per heavy atom. The van der Waals surface area contributed by atoms with Crippen molar-refractivity contribution in [3.8, 4) is 0 Å². The summed E-state index contributed by atoms with van der Waals surface area (Å²) in [5.74, 6) is 0. The SMILES string of the molecule is C[C@]1(NO)CCCC[C@@H]1NO. The van der Waals surface area contributed by atoms with Crippen molar-refractivity contribution in [3.05, 3.63) is 0 Å². The van der Waals surface area contributed by atoms with Crippen LogP contribution in [0.5, 0.6) is 0 Å². The molecule has 4 nitrogen and oxygen atoms in total. The molecule has 1 fully saturated rings. The van der Waals surface area contributed by atoms with Crippen LogP contribution in [0.15, 0.2) is 0 Å². The van der Waals surface area contributed by atoms with E-state index in [1.54, 1.807) is 0 Å². The molecule has 0 amide bonds. The Balaban J connectivity index is 2.57. The number of rotatable bonds is 2. The predicted molar refractivity (Wildman–Crippen MR) is 40.5 cm³/mol. The Hall–Kier alpha value is -0.160. The van der Waals surface area contributed by atoms with Gasteiger partial charge in [-0.3, -0.25) is 0 Å². The first-order valence-corrected chi connectivity index (χ1v) is 4.04. The van der Waals surface area contributed by atoms with Crippen molar-refractivity contribution in [1.29, 1.82) is 0 Å². The second-order valence-corrected chi connectivity index (χ2v) is 3.46. The molecule has 1 saturated carbocycles. The molecule has 0 spiro atoms. The minimum Gasteiger partial charge on any atom is -0.316 e. The van der Waals surface area contributed by atoms with E-state index in [2.05, 4.69) is 11.0 Å². The first kappa shape index (κ1) is 8.93. The van der Waals surface area contributed by atoms with Gasteiger partial charge in [0.1, 0.15) is 0 Å². The fourth-order valence-corrected chi connectivity index (χ4v) is 1.67. The van der Waals surface area contributed by atoms with Crippen LogP contribution in [0.2, 0.25) is 0 Å². The van der Waals surface area contributed by atoms with E-state index in [0.29, 0.717) is 0 Å². The summed E-state index contributed by atoms with van der Waals surface area (Å²) in [7, 11) is 0. The molecule has 0 aromatic carbocycles. The third kappa shape index (κ3) is 1.70. The van der Waals surface area contributed by atoms with E-state index in [9.17, 15) is 0 Å². The highest BCUT2D eigenvalue weighted by Gasteiger charge is 2.35. The third-order valence-electron chi connectivity index (χ3n) is 2.62. The van der Waals surface area contributed by atoms with Crippen LogP contribution in [-0.2, 0) is 0 Å². The molecule has 0 bridgehead atoms. The Labute approximate surface area is 66.5 Å². The molecule has 0 aliphatic heterocycles. The van der Waals surface area contributed by atoms with E-state index >= 15 is 0 Å². The minimum atomic E-state index is -0.368. The maximum atomic E-state index is 8.85. The summed E-state index contributed by atoms with van der Waals surface area (Å²) in [6, 6.07) is -0.0405. The van der Waals surface area contributed by atoms with Crippen molar-refractivity contribution in [2.45, 2.75) is 44.2 Å². The van der Waals surface area contributed by atoms with Gasteiger partial charge in [0.05, 0.1) is 11.6 Å². The maximum Gasteiger partial charge on any atom is 0.0577 e. The quantitative estimate of drug-likeness (QED) is 0.448. The minimum absolute atomic E-state index is 0.0405. The highest BCUT2D eigenvalue weighted by Crippen LogP contribution is 2.27. The Bertz CT molecular complexity index is 132. The van der Waals surface area contributed by atoms with Gasteiger partial charge in [0.2, 0.25) is 0 Å².